The van der Waals surface area contributed by atoms with Crippen LogP contribution in [0, 0.1) is 12.8 Å². The van der Waals surface area contributed by atoms with Crippen molar-refractivity contribution in [1.29, 1.82) is 0 Å². The van der Waals surface area contributed by atoms with Crippen molar-refractivity contribution < 1.29 is 4.79 Å². The first-order valence-corrected chi connectivity index (χ1v) is 8.95. The third-order valence-corrected chi connectivity index (χ3v) is 4.80. The van der Waals surface area contributed by atoms with Gasteiger partial charge in [0.2, 0.25) is 5.91 Å². The number of aryl methyl sites for hydroxylation is 1. The molecular weight excluding hydrogens is 316 g/mol. The SMILES string of the molecule is Cc1nnnn1-c1ccc(CC(=O)NCCN2CCC(C)CC2)cc1. The molecule has 1 N–H and O–H groups in total. The zero-order chi connectivity index (χ0) is 17.6. The van der Waals surface area contributed by atoms with Crippen molar-refractivity contribution in [2.24, 2.45) is 5.92 Å². The normalized spacial score (nSPS) is 16.1. The molecule has 2 aromatic rings. The number of carbonyl (C=O) groups is 1. The van der Waals surface area contributed by atoms with E-state index in [-0.39, 0.29) is 5.91 Å². The number of piperidine rings is 1. The highest BCUT2D eigenvalue weighted by atomic mass is 16.1. The maximum Gasteiger partial charge on any atom is 0.224 e. The quantitative estimate of drug-likeness (QED) is 0.858. The molecule has 1 amide bonds. The van der Waals surface area contributed by atoms with Gasteiger partial charge < -0.3 is 10.2 Å². The van der Waals surface area contributed by atoms with Crippen molar-refractivity contribution in [3.63, 3.8) is 0 Å². The molecule has 3 rings (SSSR count). The van der Waals surface area contributed by atoms with E-state index in [9.17, 15) is 4.79 Å². The number of rotatable bonds is 6. The summed E-state index contributed by atoms with van der Waals surface area (Å²) in [6.45, 7) is 8.12. The number of benzene rings is 1. The molecule has 134 valence electrons. The Hall–Kier alpha value is -2.28. The Morgan fingerprint density at radius 3 is 2.60 bits per heavy atom. The van der Waals surface area contributed by atoms with E-state index in [0.29, 0.717) is 6.42 Å². The highest BCUT2D eigenvalue weighted by Crippen LogP contribution is 2.15. The lowest BCUT2D eigenvalue weighted by Gasteiger charge is -2.30. The number of carbonyl (C=O) groups excluding carboxylic acids is 1. The molecular formula is C18H26N6O. The molecule has 2 heterocycles. The maximum atomic E-state index is 12.1. The Bertz CT molecular complexity index is 688. The van der Waals surface area contributed by atoms with Gasteiger partial charge in [-0.3, -0.25) is 4.79 Å². The Labute approximate surface area is 148 Å². The van der Waals surface area contributed by atoms with Crippen molar-refractivity contribution in [2.75, 3.05) is 26.2 Å². The van der Waals surface area contributed by atoms with Gasteiger partial charge in [0.15, 0.2) is 5.82 Å². The molecule has 0 radical (unpaired) electrons. The van der Waals surface area contributed by atoms with E-state index < -0.39 is 0 Å². The van der Waals surface area contributed by atoms with Gasteiger partial charge in [0.1, 0.15) is 0 Å². The molecule has 0 spiro atoms. The fraction of sp³-hybridized carbons (Fsp3) is 0.556. The summed E-state index contributed by atoms with van der Waals surface area (Å²) in [5.74, 6) is 1.64. The number of likely N-dealkylation sites (tertiary alicyclic amines) is 1. The van der Waals surface area contributed by atoms with E-state index in [0.717, 1.165) is 49.2 Å². The molecule has 1 aromatic heterocycles. The molecule has 0 bridgehead atoms. The minimum atomic E-state index is 0.0664. The monoisotopic (exact) mass is 342 g/mol. The van der Waals surface area contributed by atoms with Crippen molar-refractivity contribution in [3.05, 3.63) is 35.7 Å². The van der Waals surface area contributed by atoms with Gasteiger partial charge in [-0.1, -0.05) is 19.1 Å². The first-order valence-electron chi connectivity index (χ1n) is 8.95. The van der Waals surface area contributed by atoms with E-state index in [4.69, 9.17) is 0 Å². The predicted octanol–water partition coefficient (Wildman–Crippen LogP) is 1.36. The van der Waals surface area contributed by atoms with Gasteiger partial charge in [0.05, 0.1) is 12.1 Å². The van der Waals surface area contributed by atoms with E-state index in [1.54, 1.807) is 4.68 Å². The van der Waals surface area contributed by atoms with Crippen molar-refractivity contribution in [2.45, 2.75) is 33.1 Å². The summed E-state index contributed by atoms with van der Waals surface area (Å²) in [7, 11) is 0. The van der Waals surface area contributed by atoms with Gasteiger partial charge in [0.25, 0.3) is 0 Å². The Morgan fingerprint density at radius 2 is 1.96 bits per heavy atom. The van der Waals surface area contributed by atoms with Gasteiger partial charge in [-0.25, -0.2) is 0 Å². The van der Waals surface area contributed by atoms with Crippen LogP contribution in [0.1, 0.15) is 31.2 Å². The number of amides is 1. The Balaban J connectivity index is 1.43. The number of hydrogen-bond acceptors (Lipinski definition) is 5. The van der Waals surface area contributed by atoms with E-state index in [1.807, 2.05) is 31.2 Å². The van der Waals surface area contributed by atoms with Crippen LogP contribution in [0.3, 0.4) is 0 Å². The van der Waals surface area contributed by atoms with E-state index in [2.05, 4.69) is 32.7 Å². The molecule has 0 atom stereocenters. The molecule has 1 aromatic carbocycles. The molecule has 25 heavy (non-hydrogen) atoms. The fourth-order valence-electron chi connectivity index (χ4n) is 3.11. The lowest BCUT2D eigenvalue weighted by molar-refractivity contribution is -0.120. The fourth-order valence-corrected chi connectivity index (χ4v) is 3.11. The zero-order valence-electron chi connectivity index (χ0n) is 15.0. The van der Waals surface area contributed by atoms with Gasteiger partial charge in [-0.05, 0) is 66.9 Å². The summed E-state index contributed by atoms with van der Waals surface area (Å²) in [6.07, 6.45) is 2.92. The molecule has 1 aliphatic rings. The molecule has 7 nitrogen and oxygen atoms in total. The zero-order valence-corrected chi connectivity index (χ0v) is 15.0. The van der Waals surface area contributed by atoms with Gasteiger partial charge in [0, 0.05) is 13.1 Å². The van der Waals surface area contributed by atoms with Crippen LogP contribution in [0.25, 0.3) is 5.69 Å². The van der Waals surface area contributed by atoms with Crippen LogP contribution < -0.4 is 5.32 Å². The number of tetrazole rings is 1. The number of aromatic nitrogens is 4. The minimum Gasteiger partial charge on any atom is -0.355 e. The van der Waals surface area contributed by atoms with Gasteiger partial charge in [-0.15, -0.1) is 5.10 Å². The average molecular weight is 342 g/mol. The summed E-state index contributed by atoms with van der Waals surface area (Å²) < 4.78 is 1.67. The lowest BCUT2D eigenvalue weighted by Crippen LogP contribution is -2.39. The number of hydrogen-bond donors (Lipinski definition) is 1. The van der Waals surface area contributed by atoms with Crippen molar-refractivity contribution >= 4 is 5.91 Å². The van der Waals surface area contributed by atoms with Gasteiger partial charge >= 0.3 is 0 Å². The van der Waals surface area contributed by atoms with Crippen LogP contribution in [0.4, 0.5) is 0 Å². The van der Waals surface area contributed by atoms with Crippen molar-refractivity contribution in [1.82, 2.24) is 30.4 Å². The smallest absolute Gasteiger partial charge is 0.224 e. The molecule has 1 aliphatic heterocycles. The summed E-state index contributed by atoms with van der Waals surface area (Å²) >= 11 is 0. The molecule has 7 heteroatoms. The largest absolute Gasteiger partial charge is 0.355 e. The van der Waals surface area contributed by atoms with Crippen LogP contribution in [0.5, 0.6) is 0 Å². The minimum absolute atomic E-state index is 0.0664. The standard InChI is InChI=1S/C18H26N6O/c1-14-7-10-23(11-8-14)12-9-19-18(25)13-16-3-5-17(6-4-16)24-15(2)20-21-22-24/h3-6,14H,7-13H2,1-2H3,(H,19,25). The summed E-state index contributed by atoms with van der Waals surface area (Å²) in [4.78, 5) is 14.5. The highest BCUT2D eigenvalue weighted by molar-refractivity contribution is 5.78. The maximum absolute atomic E-state index is 12.1. The molecule has 1 saturated heterocycles. The second-order valence-electron chi connectivity index (χ2n) is 6.86. The van der Waals surface area contributed by atoms with Crippen LogP contribution in [-0.2, 0) is 11.2 Å². The predicted molar refractivity (Wildman–Crippen MR) is 95.4 cm³/mol. The Morgan fingerprint density at radius 1 is 1.24 bits per heavy atom. The first-order chi connectivity index (χ1) is 12.1. The highest BCUT2D eigenvalue weighted by Gasteiger charge is 2.15. The van der Waals surface area contributed by atoms with E-state index >= 15 is 0 Å². The van der Waals surface area contributed by atoms with Crippen LogP contribution in [0.15, 0.2) is 24.3 Å². The summed E-state index contributed by atoms with van der Waals surface area (Å²) in [5.41, 5.74) is 1.88. The summed E-state index contributed by atoms with van der Waals surface area (Å²) in [6, 6.07) is 7.76. The Kier molecular flexibility index (Phi) is 5.75. The van der Waals surface area contributed by atoms with Crippen LogP contribution in [-0.4, -0.2) is 57.2 Å². The molecule has 0 unspecified atom stereocenters. The lowest BCUT2D eigenvalue weighted by atomic mass is 9.99. The van der Waals surface area contributed by atoms with E-state index in [1.165, 1.54) is 12.8 Å². The summed E-state index contributed by atoms with van der Waals surface area (Å²) in [5, 5.41) is 14.5. The topological polar surface area (TPSA) is 75.9 Å². The third-order valence-electron chi connectivity index (χ3n) is 4.80. The van der Waals surface area contributed by atoms with Crippen molar-refractivity contribution in [3.8, 4) is 5.69 Å². The van der Waals surface area contributed by atoms with Crippen LogP contribution >= 0.6 is 0 Å². The second-order valence-corrected chi connectivity index (χ2v) is 6.86. The number of nitrogens with zero attached hydrogens (tertiary/aromatic N) is 5. The van der Waals surface area contributed by atoms with Gasteiger partial charge in [-0.2, -0.15) is 4.68 Å². The average Bonchev–Trinajstić information content (AvgIpc) is 3.03. The molecule has 0 aliphatic carbocycles. The number of nitrogens with one attached hydrogen (secondary N) is 1. The van der Waals surface area contributed by atoms with Crippen LogP contribution in [0.2, 0.25) is 0 Å². The second kappa shape index (κ2) is 8.20. The molecule has 1 fully saturated rings. The first kappa shape index (κ1) is 17.5. The molecule has 0 saturated carbocycles. The third kappa shape index (κ3) is 4.85.